The number of hydrogen-bond donors (Lipinski definition) is 2. The Hall–Kier alpha value is -2.37. The average Bonchev–Trinajstić information content (AvgIpc) is 2.38. The van der Waals surface area contributed by atoms with Crippen LogP contribution in [0.4, 0.5) is 11.5 Å². The van der Waals surface area contributed by atoms with Crippen molar-refractivity contribution < 1.29 is 4.74 Å². The van der Waals surface area contributed by atoms with Gasteiger partial charge < -0.3 is 15.8 Å². The van der Waals surface area contributed by atoms with Crippen LogP contribution in [0.5, 0.6) is 5.88 Å². The van der Waals surface area contributed by atoms with Gasteiger partial charge in [-0.25, -0.2) is 9.97 Å². The van der Waals surface area contributed by atoms with E-state index < -0.39 is 0 Å². The van der Waals surface area contributed by atoms with Crippen molar-refractivity contribution in [3.8, 4) is 5.88 Å². The summed E-state index contributed by atoms with van der Waals surface area (Å²) < 4.78 is 5.06. The van der Waals surface area contributed by atoms with E-state index in [1.807, 2.05) is 13.0 Å². The maximum Gasteiger partial charge on any atom is 0.238 e. The normalized spacial score (nSPS) is 10.1. The highest BCUT2D eigenvalue weighted by atomic mass is 16.5. The van der Waals surface area contributed by atoms with Crippen LogP contribution in [0, 0.1) is 6.92 Å². The molecule has 2 heterocycles. The lowest BCUT2D eigenvalue weighted by Crippen LogP contribution is -2.05. The Morgan fingerprint density at radius 1 is 1.28 bits per heavy atom. The molecular weight excluding hydrogens is 230 g/mol. The fourth-order valence-corrected chi connectivity index (χ4v) is 1.50. The largest absolute Gasteiger partial charge is 0.479 e. The van der Waals surface area contributed by atoms with Crippen LogP contribution in [-0.2, 0) is 6.54 Å². The molecule has 94 valence electrons. The highest BCUT2D eigenvalue weighted by Crippen LogP contribution is 2.20. The predicted molar refractivity (Wildman–Crippen MR) is 69.3 cm³/mol. The molecule has 0 aliphatic rings. The minimum atomic E-state index is 0.416. The Kier molecular flexibility index (Phi) is 3.57. The molecular formula is C12H15N5O. The van der Waals surface area contributed by atoms with Crippen molar-refractivity contribution in [1.29, 1.82) is 0 Å². The monoisotopic (exact) mass is 245 g/mol. The zero-order valence-electron chi connectivity index (χ0n) is 10.3. The van der Waals surface area contributed by atoms with Crippen molar-refractivity contribution >= 4 is 11.5 Å². The fraction of sp³-hybridized carbons (Fsp3) is 0.250. The van der Waals surface area contributed by atoms with Gasteiger partial charge in [-0.2, -0.15) is 4.98 Å². The minimum absolute atomic E-state index is 0.416. The van der Waals surface area contributed by atoms with E-state index in [0.29, 0.717) is 23.9 Å². The maximum atomic E-state index is 5.69. The smallest absolute Gasteiger partial charge is 0.238 e. The number of anilines is 2. The summed E-state index contributed by atoms with van der Waals surface area (Å²) in [4.78, 5) is 12.6. The van der Waals surface area contributed by atoms with Crippen molar-refractivity contribution in [3.05, 3.63) is 35.9 Å². The third kappa shape index (κ3) is 2.85. The summed E-state index contributed by atoms with van der Waals surface area (Å²) in [7, 11) is 1.54. The number of aryl methyl sites for hydroxylation is 1. The number of nitrogens with two attached hydrogens (primary N) is 1. The standard InChI is InChI=1S/C12H15N5O/c1-8-14-6-5-9(16-8)7-15-11-4-3-10(13)12(17-11)18-2/h3-6H,7,13H2,1-2H3,(H,15,17). The highest BCUT2D eigenvalue weighted by Gasteiger charge is 2.03. The van der Waals surface area contributed by atoms with E-state index in [0.717, 1.165) is 11.5 Å². The van der Waals surface area contributed by atoms with Gasteiger partial charge in [-0.1, -0.05) is 0 Å². The number of hydrogen-bond acceptors (Lipinski definition) is 6. The van der Waals surface area contributed by atoms with Gasteiger partial charge in [-0.3, -0.25) is 0 Å². The van der Waals surface area contributed by atoms with E-state index in [-0.39, 0.29) is 0 Å². The van der Waals surface area contributed by atoms with Gasteiger partial charge in [0.1, 0.15) is 11.6 Å². The number of ether oxygens (including phenoxy) is 1. The first kappa shape index (κ1) is 12.1. The van der Waals surface area contributed by atoms with Crippen molar-refractivity contribution in [2.45, 2.75) is 13.5 Å². The lowest BCUT2D eigenvalue weighted by molar-refractivity contribution is 0.401. The summed E-state index contributed by atoms with van der Waals surface area (Å²) in [6, 6.07) is 5.40. The highest BCUT2D eigenvalue weighted by molar-refractivity contribution is 5.53. The molecule has 0 aromatic carbocycles. The molecule has 0 saturated heterocycles. The summed E-state index contributed by atoms with van der Waals surface area (Å²) in [5.41, 5.74) is 7.11. The Balaban J connectivity index is 2.06. The SMILES string of the molecule is COc1nc(NCc2ccnc(C)n2)ccc1N. The molecule has 2 aromatic rings. The zero-order valence-corrected chi connectivity index (χ0v) is 10.3. The van der Waals surface area contributed by atoms with E-state index >= 15 is 0 Å². The molecule has 6 nitrogen and oxygen atoms in total. The van der Waals surface area contributed by atoms with E-state index in [4.69, 9.17) is 10.5 Å². The van der Waals surface area contributed by atoms with Crippen LogP contribution in [0.2, 0.25) is 0 Å². The molecule has 0 unspecified atom stereocenters. The third-order valence-electron chi connectivity index (χ3n) is 2.37. The number of rotatable bonds is 4. The van der Waals surface area contributed by atoms with E-state index in [1.165, 1.54) is 7.11 Å². The van der Waals surface area contributed by atoms with Crippen LogP contribution >= 0.6 is 0 Å². The maximum absolute atomic E-state index is 5.69. The molecule has 0 fully saturated rings. The van der Waals surface area contributed by atoms with Crippen LogP contribution in [0.3, 0.4) is 0 Å². The molecule has 18 heavy (non-hydrogen) atoms. The second kappa shape index (κ2) is 5.31. The number of nitrogen functional groups attached to an aromatic ring is 1. The van der Waals surface area contributed by atoms with Crippen LogP contribution in [-0.4, -0.2) is 22.1 Å². The number of nitrogens with one attached hydrogen (secondary N) is 1. The lowest BCUT2D eigenvalue weighted by atomic mass is 10.3. The van der Waals surface area contributed by atoms with Crippen molar-refractivity contribution in [1.82, 2.24) is 15.0 Å². The quantitative estimate of drug-likeness (QED) is 0.846. The topological polar surface area (TPSA) is 86.0 Å². The van der Waals surface area contributed by atoms with Crippen LogP contribution in [0.1, 0.15) is 11.5 Å². The van der Waals surface area contributed by atoms with Gasteiger partial charge in [0.2, 0.25) is 5.88 Å². The molecule has 0 radical (unpaired) electrons. The first-order chi connectivity index (χ1) is 8.69. The average molecular weight is 245 g/mol. The summed E-state index contributed by atoms with van der Waals surface area (Å²) in [6.45, 7) is 2.43. The molecule has 0 aliphatic heterocycles. The molecule has 3 N–H and O–H groups in total. The Morgan fingerprint density at radius 2 is 2.11 bits per heavy atom. The van der Waals surface area contributed by atoms with Gasteiger partial charge in [0.25, 0.3) is 0 Å². The molecule has 0 bridgehead atoms. The van der Waals surface area contributed by atoms with Gasteiger partial charge in [-0.05, 0) is 25.1 Å². The van der Waals surface area contributed by atoms with E-state index in [2.05, 4.69) is 20.3 Å². The number of nitrogens with zero attached hydrogens (tertiary/aromatic N) is 3. The van der Waals surface area contributed by atoms with Crippen LogP contribution in [0.15, 0.2) is 24.4 Å². The van der Waals surface area contributed by atoms with Crippen LogP contribution in [0.25, 0.3) is 0 Å². The van der Waals surface area contributed by atoms with Crippen molar-refractivity contribution in [2.24, 2.45) is 0 Å². The molecule has 0 saturated carbocycles. The summed E-state index contributed by atoms with van der Waals surface area (Å²) >= 11 is 0. The molecule has 0 amide bonds. The molecule has 2 rings (SSSR count). The molecule has 0 spiro atoms. The molecule has 6 heteroatoms. The van der Waals surface area contributed by atoms with Gasteiger partial charge in [0.15, 0.2) is 0 Å². The predicted octanol–water partition coefficient (Wildman–Crippen LogP) is 1.38. The van der Waals surface area contributed by atoms with Gasteiger partial charge in [0.05, 0.1) is 25.0 Å². The van der Waals surface area contributed by atoms with Crippen LogP contribution < -0.4 is 15.8 Å². The summed E-state index contributed by atoms with van der Waals surface area (Å²) in [5, 5.41) is 3.15. The summed E-state index contributed by atoms with van der Waals surface area (Å²) in [6.07, 6.45) is 1.73. The minimum Gasteiger partial charge on any atom is -0.479 e. The lowest BCUT2D eigenvalue weighted by Gasteiger charge is -2.08. The molecule has 0 atom stereocenters. The number of aromatic nitrogens is 3. The second-order valence-corrected chi connectivity index (χ2v) is 3.74. The van der Waals surface area contributed by atoms with Crippen molar-refractivity contribution in [2.75, 3.05) is 18.2 Å². The van der Waals surface area contributed by atoms with Crippen molar-refractivity contribution in [3.63, 3.8) is 0 Å². The Morgan fingerprint density at radius 3 is 2.83 bits per heavy atom. The number of methoxy groups -OCH3 is 1. The fourth-order valence-electron chi connectivity index (χ4n) is 1.50. The van der Waals surface area contributed by atoms with Gasteiger partial charge in [0, 0.05) is 6.20 Å². The van der Waals surface area contributed by atoms with E-state index in [1.54, 1.807) is 18.3 Å². The molecule has 2 aromatic heterocycles. The third-order valence-corrected chi connectivity index (χ3v) is 2.37. The first-order valence-corrected chi connectivity index (χ1v) is 5.52. The summed E-state index contributed by atoms with van der Waals surface area (Å²) in [5.74, 6) is 1.85. The molecule has 0 aliphatic carbocycles. The van der Waals surface area contributed by atoms with E-state index in [9.17, 15) is 0 Å². The Bertz CT molecular complexity index is 544. The zero-order chi connectivity index (χ0) is 13.0. The second-order valence-electron chi connectivity index (χ2n) is 3.74. The number of pyridine rings is 1. The van der Waals surface area contributed by atoms with Gasteiger partial charge >= 0.3 is 0 Å². The Labute approximate surface area is 105 Å². The first-order valence-electron chi connectivity index (χ1n) is 5.52. The van der Waals surface area contributed by atoms with Gasteiger partial charge in [-0.15, -0.1) is 0 Å².